The highest BCUT2D eigenvalue weighted by Crippen LogP contribution is 2.38. The molecule has 1 aromatic heterocycles. The molecular weight excluding hydrogens is 480 g/mol. The number of nitrogens with zero attached hydrogens (tertiary/aromatic N) is 4. The van der Waals surface area contributed by atoms with Crippen molar-refractivity contribution in [3.63, 3.8) is 0 Å². The van der Waals surface area contributed by atoms with Crippen molar-refractivity contribution in [2.75, 3.05) is 40.1 Å². The molecule has 184 valence electrons. The lowest BCUT2D eigenvalue weighted by Crippen LogP contribution is -2.42. The maximum Gasteiger partial charge on any atom is 0.266 e. The number of aromatic nitrogens is 1. The first-order chi connectivity index (χ1) is 17.6. The van der Waals surface area contributed by atoms with Gasteiger partial charge in [0.05, 0.1) is 23.8 Å². The Morgan fingerprint density at radius 2 is 1.92 bits per heavy atom. The molecule has 36 heavy (non-hydrogen) atoms. The molecular formula is C26H24N4O5S. The number of amidine groups is 1. The molecule has 3 aliphatic heterocycles. The summed E-state index contributed by atoms with van der Waals surface area (Å²) in [5.41, 5.74) is 2.51. The van der Waals surface area contributed by atoms with Gasteiger partial charge in [0.15, 0.2) is 16.7 Å². The number of hydrogen-bond acceptors (Lipinski definition) is 7. The lowest BCUT2D eigenvalue weighted by atomic mass is 10.1. The highest BCUT2D eigenvalue weighted by Gasteiger charge is 2.31. The second kappa shape index (κ2) is 9.36. The van der Waals surface area contributed by atoms with Crippen molar-refractivity contribution < 1.29 is 23.8 Å². The van der Waals surface area contributed by atoms with E-state index >= 15 is 0 Å². The maximum absolute atomic E-state index is 13.1. The predicted octanol–water partition coefficient (Wildman–Crippen LogP) is 3.46. The molecule has 3 aromatic rings. The fourth-order valence-electron chi connectivity index (χ4n) is 4.44. The quantitative estimate of drug-likeness (QED) is 0.506. The lowest BCUT2D eigenvalue weighted by molar-refractivity contribution is -0.135. The third-order valence-corrected chi connectivity index (χ3v) is 7.42. The van der Waals surface area contributed by atoms with Gasteiger partial charge in [-0.3, -0.25) is 14.5 Å². The minimum Gasteiger partial charge on any atom is -0.454 e. The number of benzene rings is 2. The molecule has 3 aliphatic rings. The van der Waals surface area contributed by atoms with Gasteiger partial charge in [0, 0.05) is 48.9 Å². The molecule has 0 radical (unpaired) electrons. The van der Waals surface area contributed by atoms with Gasteiger partial charge in [-0.2, -0.15) is 0 Å². The zero-order valence-electron chi connectivity index (χ0n) is 19.7. The number of carbonyl (C=O) groups excluding carboxylic acids is 2. The van der Waals surface area contributed by atoms with Gasteiger partial charge in [0.2, 0.25) is 12.7 Å². The van der Waals surface area contributed by atoms with Crippen molar-refractivity contribution in [1.82, 2.24) is 14.4 Å². The molecule has 0 spiro atoms. The van der Waals surface area contributed by atoms with E-state index in [9.17, 15) is 9.59 Å². The molecule has 0 atom stereocenters. The molecule has 9 nitrogen and oxygen atoms in total. The SMILES string of the molecule is CN1C(=O)/C(=C/c2cn(CC(=O)N3CCOCC3)c3ccccc23)SC1=Nc1ccc2c(c1)OCO2. The minimum atomic E-state index is -0.124. The number of hydrogen-bond donors (Lipinski definition) is 0. The van der Waals surface area contributed by atoms with Crippen molar-refractivity contribution in [3.05, 3.63) is 59.1 Å². The van der Waals surface area contributed by atoms with Gasteiger partial charge in [-0.1, -0.05) is 18.2 Å². The van der Waals surface area contributed by atoms with Gasteiger partial charge in [-0.05, 0) is 36.0 Å². The van der Waals surface area contributed by atoms with E-state index in [1.807, 2.05) is 58.1 Å². The fourth-order valence-corrected chi connectivity index (χ4v) is 5.42. The van der Waals surface area contributed by atoms with E-state index in [2.05, 4.69) is 4.99 Å². The number of fused-ring (bicyclic) bond motifs is 2. The van der Waals surface area contributed by atoms with Crippen LogP contribution < -0.4 is 9.47 Å². The van der Waals surface area contributed by atoms with E-state index in [1.54, 1.807) is 18.0 Å². The molecule has 0 unspecified atom stereocenters. The number of ether oxygens (including phenoxy) is 3. The number of rotatable bonds is 4. The number of thioether (sulfide) groups is 1. The van der Waals surface area contributed by atoms with Crippen molar-refractivity contribution in [2.45, 2.75) is 6.54 Å². The van der Waals surface area contributed by atoms with Crippen LogP contribution in [0.2, 0.25) is 0 Å². The number of likely N-dealkylation sites (N-methyl/N-ethyl adjacent to an activating group) is 1. The number of morpholine rings is 1. The summed E-state index contributed by atoms with van der Waals surface area (Å²) >= 11 is 1.32. The lowest BCUT2D eigenvalue weighted by Gasteiger charge is -2.27. The molecule has 0 aliphatic carbocycles. The monoisotopic (exact) mass is 504 g/mol. The molecule has 2 amide bonds. The largest absolute Gasteiger partial charge is 0.454 e. The van der Waals surface area contributed by atoms with Gasteiger partial charge in [-0.15, -0.1) is 0 Å². The Balaban J connectivity index is 1.28. The Morgan fingerprint density at radius 3 is 2.78 bits per heavy atom. The third-order valence-electron chi connectivity index (χ3n) is 6.36. The molecule has 6 rings (SSSR count). The zero-order chi connectivity index (χ0) is 24.6. The summed E-state index contributed by atoms with van der Waals surface area (Å²) in [6, 6.07) is 13.4. The average Bonchev–Trinajstić information content (AvgIpc) is 3.58. The molecule has 2 aromatic carbocycles. The first-order valence-corrected chi connectivity index (χ1v) is 12.5. The van der Waals surface area contributed by atoms with E-state index < -0.39 is 0 Å². The van der Waals surface area contributed by atoms with Crippen LogP contribution in [0.5, 0.6) is 11.5 Å². The number of amides is 2. The Hall–Kier alpha value is -3.76. The van der Waals surface area contributed by atoms with Crippen LogP contribution in [0.15, 0.2) is 58.6 Å². The summed E-state index contributed by atoms with van der Waals surface area (Å²) in [5, 5.41) is 1.56. The average molecular weight is 505 g/mol. The summed E-state index contributed by atoms with van der Waals surface area (Å²) in [6.07, 6.45) is 3.82. The number of para-hydroxylation sites is 1. The van der Waals surface area contributed by atoms with Gasteiger partial charge in [-0.25, -0.2) is 4.99 Å². The fraction of sp³-hybridized carbons (Fsp3) is 0.269. The third kappa shape index (κ3) is 4.22. The van der Waals surface area contributed by atoms with E-state index in [1.165, 1.54) is 11.8 Å². The highest BCUT2D eigenvalue weighted by atomic mass is 32.2. The second-order valence-corrected chi connectivity index (χ2v) is 9.64. The normalized spacial score (nSPS) is 19.8. The maximum atomic E-state index is 13.1. The van der Waals surface area contributed by atoms with Crippen molar-refractivity contribution >= 4 is 51.4 Å². The predicted molar refractivity (Wildman–Crippen MR) is 137 cm³/mol. The Kier molecular flexibility index (Phi) is 5.90. The summed E-state index contributed by atoms with van der Waals surface area (Å²) in [5.74, 6) is 1.26. The van der Waals surface area contributed by atoms with E-state index in [0.717, 1.165) is 16.5 Å². The van der Waals surface area contributed by atoms with Crippen molar-refractivity contribution in [1.29, 1.82) is 0 Å². The van der Waals surface area contributed by atoms with Crippen LogP contribution in [0.25, 0.3) is 17.0 Å². The molecule has 0 saturated carbocycles. The molecule has 2 saturated heterocycles. The van der Waals surface area contributed by atoms with Crippen molar-refractivity contribution in [3.8, 4) is 11.5 Å². The minimum absolute atomic E-state index is 0.0578. The van der Waals surface area contributed by atoms with Crippen LogP contribution >= 0.6 is 11.8 Å². The summed E-state index contributed by atoms with van der Waals surface area (Å²) in [7, 11) is 1.71. The van der Waals surface area contributed by atoms with Crippen LogP contribution in [0.4, 0.5) is 5.69 Å². The van der Waals surface area contributed by atoms with E-state index in [4.69, 9.17) is 14.2 Å². The zero-order valence-corrected chi connectivity index (χ0v) is 20.5. The summed E-state index contributed by atoms with van der Waals surface area (Å²) in [6.45, 7) is 2.79. The molecule has 4 heterocycles. The first-order valence-electron chi connectivity index (χ1n) is 11.7. The van der Waals surface area contributed by atoms with Crippen molar-refractivity contribution in [2.24, 2.45) is 4.99 Å². The van der Waals surface area contributed by atoms with Crippen LogP contribution in [-0.4, -0.2) is 71.5 Å². The smallest absolute Gasteiger partial charge is 0.266 e. The van der Waals surface area contributed by atoms with Gasteiger partial charge < -0.3 is 23.7 Å². The van der Waals surface area contributed by atoms with Crippen LogP contribution in [0.3, 0.4) is 0 Å². The highest BCUT2D eigenvalue weighted by molar-refractivity contribution is 8.18. The van der Waals surface area contributed by atoms with E-state index in [0.29, 0.717) is 53.6 Å². The van der Waals surface area contributed by atoms with Crippen LogP contribution in [0, 0.1) is 0 Å². The Bertz CT molecular complexity index is 1420. The first kappa shape index (κ1) is 22.7. The standard InChI is InChI=1S/C26H24N4O5S/c1-28-25(32)23(36-26(28)27-18-6-7-21-22(13-18)35-16-34-21)12-17-14-30(20-5-3-2-4-19(17)20)15-24(31)29-8-10-33-11-9-29/h2-7,12-14H,8-11,15-16H2,1H3/b23-12-,27-26?. The van der Waals surface area contributed by atoms with E-state index in [-0.39, 0.29) is 25.2 Å². The van der Waals surface area contributed by atoms with Gasteiger partial charge >= 0.3 is 0 Å². The van der Waals surface area contributed by atoms with Crippen LogP contribution in [-0.2, 0) is 20.9 Å². The van der Waals surface area contributed by atoms with Crippen LogP contribution in [0.1, 0.15) is 5.56 Å². The summed E-state index contributed by atoms with van der Waals surface area (Å²) < 4.78 is 18.1. The topological polar surface area (TPSA) is 85.6 Å². The second-order valence-electron chi connectivity index (χ2n) is 8.63. The molecule has 10 heteroatoms. The number of carbonyl (C=O) groups is 2. The van der Waals surface area contributed by atoms with Gasteiger partial charge in [0.25, 0.3) is 5.91 Å². The molecule has 0 N–H and O–H groups in total. The molecule has 2 fully saturated rings. The Labute approximate surface area is 211 Å². The molecule has 0 bridgehead atoms. The Morgan fingerprint density at radius 1 is 1.11 bits per heavy atom. The van der Waals surface area contributed by atoms with Gasteiger partial charge in [0.1, 0.15) is 6.54 Å². The number of aliphatic imine (C=N–C) groups is 1. The summed E-state index contributed by atoms with van der Waals surface area (Å²) in [4.78, 5) is 34.5.